The Hall–Kier alpha value is -2.70. The maximum absolute atomic E-state index is 12.6. The summed E-state index contributed by atoms with van der Waals surface area (Å²) in [5.74, 6) is -4.46. The third-order valence-corrected chi connectivity index (χ3v) is 4.09. The Morgan fingerprint density at radius 2 is 1.74 bits per heavy atom. The second kappa shape index (κ2) is 5.49. The zero-order valence-electron chi connectivity index (χ0n) is 13.5. The minimum atomic E-state index is -1.33. The maximum atomic E-state index is 12.6. The number of hydrogen-bond acceptors (Lipinski definition) is 6. The van der Waals surface area contributed by atoms with Crippen molar-refractivity contribution >= 4 is 23.8 Å². The largest absolute Gasteiger partial charge is 0.469 e. The molecule has 1 aliphatic heterocycles. The molecule has 1 aromatic rings. The lowest BCUT2D eigenvalue weighted by atomic mass is 10.1. The SMILES string of the molecule is [2H][C@H]1[C@@H](C(=O)OC)[C@H]1[C@@H](C(=O)OC)N1C(=O)c2ccccc2C1=O. The summed E-state index contributed by atoms with van der Waals surface area (Å²) in [7, 11) is 2.31. The van der Waals surface area contributed by atoms with Crippen LogP contribution in [0.3, 0.4) is 0 Å². The van der Waals surface area contributed by atoms with Crippen LogP contribution in [0.15, 0.2) is 24.3 Å². The van der Waals surface area contributed by atoms with E-state index in [1.165, 1.54) is 19.2 Å². The van der Waals surface area contributed by atoms with Gasteiger partial charge in [0.1, 0.15) is 6.04 Å². The van der Waals surface area contributed by atoms with Crippen LogP contribution in [0.2, 0.25) is 0 Å². The highest BCUT2D eigenvalue weighted by atomic mass is 16.5. The molecule has 1 aliphatic carbocycles. The van der Waals surface area contributed by atoms with Crippen LogP contribution in [-0.2, 0) is 19.1 Å². The van der Waals surface area contributed by atoms with E-state index < -0.39 is 48.0 Å². The molecule has 3 rings (SSSR count). The third kappa shape index (κ3) is 2.28. The van der Waals surface area contributed by atoms with Gasteiger partial charge in [0.2, 0.25) is 0 Å². The summed E-state index contributed by atoms with van der Waals surface area (Å²) in [4.78, 5) is 49.9. The molecular formula is C16H15NO6. The van der Waals surface area contributed by atoms with E-state index in [9.17, 15) is 19.2 Å². The molecule has 0 bridgehead atoms. The predicted octanol–water partition coefficient (Wildman–Crippen LogP) is 0.633. The molecule has 0 radical (unpaired) electrons. The molecule has 1 fully saturated rings. The minimum Gasteiger partial charge on any atom is -0.469 e. The highest BCUT2D eigenvalue weighted by Crippen LogP contribution is 2.45. The Kier molecular flexibility index (Phi) is 3.33. The smallest absolute Gasteiger partial charge is 0.329 e. The lowest BCUT2D eigenvalue weighted by Gasteiger charge is -2.24. The Bertz CT molecular complexity index is 713. The summed E-state index contributed by atoms with van der Waals surface area (Å²) in [6, 6.07) is 4.89. The van der Waals surface area contributed by atoms with Gasteiger partial charge in [0.25, 0.3) is 11.8 Å². The number of amides is 2. The summed E-state index contributed by atoms with van der Waals surface area (Å²) < 4.78 is 17.3. The van der Waals surface area contributed by atoms with E-state index in [1.807, 2.05) is 0 Å². The summed E-state index contributed by atoms with van der Waals surface area (Å²) in [6.07, 6.45) is -0.939. The number of ether oxygens (including phenoxy) is 2. The van der Waals surface area contributed by atoms with E-state index in [1.54, 1.807) is 12.1 Å². The van der Waals surface area contributed by atoms with E-state index in [4.69, 9.17) is 6.11 Å². The second-order valence-corrected chi connectivity index (χ2v) is 5.31. The molecule has 7 heteroatoms. The van der Waals surface area contributed by atoms with Crippen LogP contribution in [0.4, 0.5) is 0 Å². The number of esters is 2. The molecule has 0 N–H and O–H groups in total. The first-order valence-electron chi connectivity index (χ1n) is 7.56. The molecular weight excluding hydrogens is 302 g/mol. The lowest BCUT2D eigenvalue weighted by molar-refractivity contribution is -0.147. The molecule has 7 nitrogen and oxygen atoms in total. The van der Waals surface area contributed by atoms with Crippen LogP contribution in [0.25, 0.3) is 0 Å². The van der Waals surface area contributed by atoms with Gasteiger partial charge in [-0.2, -0.15) is 0 Å². The van der Waals surface area contributed by atoms with E-state index in [0.29, 0.717) is 0 Å². The highest BCUT2D eigenvalue weighted by Gasteiger charge is 2.57. The molecule has 23 heavy (non-hydrogen) atoms. The van der Waals surface area contributed by atoms with Crippen molar-refractivity contribution in [3.63, 3.8) is 0 Å². The van der Waals surface area contributed by atoms with Crippen LogP contribution < -0.4 is 0 Å². The van der Waals surface area contributed by atoms with Gasteiger partial charge in [0, 0.05) is 7.29 Å². The Morgan fingerprint density at radius 3 is 2.22 bits per heavy atom. The fourth-order valence-corrected chi connectivity index (χ4v) is 2.86. The number of imide groups is 1. The molecule has 0 unspecified atom stereocenters. The van der Waals surface area contributed by atoms with Crippen molar-refractivity contribution in [3.05, 3.63) is 35.4 Å². The Morgan fingerprint density at radius 1 is 1.17 bits per heavy atom. The summed E-state index contributed by atoms with van der Waals surface area (Å²) in [5.41, 5.74) is 0.376. The molecule has 0 aromatic heterocycles. The minimum absolute atomic E-state index is 0.188. The van der Waals surface area contributed by atoms with Crippen molar-refractivity contribution < 1.29 is 30.0 Å². The van der Waals surface area contributed by atoms with Crippen LogP contribution in [-0.4, -0.2) is 48.9 Å². The maximum Gasteiger partial charge on any atom is 0.329 e. The molecule has 1 heterocycles. The van der Waals surface area contributed by atoms with Crippen molar-refractivity contribution in [2.45, 2.75) is 12.4 Å². The first kappa shape index (κ1) is 13.9. The fourth-order valence-electron chi connectivity index (χ4n) is 2.86. The predicted molar refractivity (Wildman–Crippen MR) is 76.4 cm³/mol. The molecule has 4 atom stereocenters. The first-order valence-corrected chi connectivity index (χ1v) is 6.98. The Balaban J connectivity index is 1.98. The number of methoxy groups -OCH3 is 2. The molecule has 2 amide bonds. The van der Waals surface area contributed by atoms with Crippen molar-refractivity contribution in [1.29, 1.82) is 0 Å². The van der Waals surface area contributed by atoms with E-state index >= 15 is 0 Å². The molecule has 1 saturated carbocycles. The van der Waals surface area contributed by atoms with Crippen LogP contribution in [0, 0.1) is 11.8 Å². The molecule has 2 aliphatic rings. The van der Waals surface area contributed by atoms with Crippen molar-refractivity contribution in [1.82, 2.24) is 4.90 Å². The van der Waals surface area contributed by atoms with Gasteiger partial charge in [-0.05, 0) is 18.5 Å². The fraction of sp³-hybridized carbons (Fsp3) is 0.375. The van der Waals surface area contributed by atoms with Gasteiger partial charge >= 0.3 is 11.9 Å². The zero-order chi connectivity index (χ0) is 17.6. The highest BCUT2D eigenvalue weighted by molar-refractivity contribution is 6.22. The standard InChI is InChI=1S/C16H15NO6/c1-22-15(20)11-7-10(11)12(16(21)23-2)17-13(18)8-5-3-4-6-9(8)14(17)19/h3-6,10-12H,7H2,1-2H3/t10-,11+,12-/m0/s1/i7D/t7-,10+,11-,12+/m1. The normalized spacial score (nSPS) is 27.1. The van der Waals surface area contributed by atoms with E-state index in [0.717, 1.165) is 12.0 Å². The Labute approximate surface area is 133 Å². The number of carbonyl (C=O) groups excluding carboxylic acids is 4. The van der Waals surface area contributed by atoms with Gasteiger partial charge in [-0.15, -0.1) is 0 Å². The molecule has 0 saturated heterocycles. The topological polar surface area (TPSA) is 90.0 Å². The molecule has 1 aromatic carbocycles. The van der Waals surface area contributed by atoms with Crippen molar-refractivity contribution in [3.8, 4) is 0 Å². The monoisotopic (exact) mass is 318 g/mol. The average molecular weight is 318 g/mol. The second-order valence-electron chi connectivity index (χ2n) is 5.31. The lowest BCUT2D eigenvalue weighted by Crippen LogP contribution is -2.47. The number of carbonyl (C=O) groups is 4. The number of benzene rings is 1. The van der Waals surface area contributed by atoms with Gasteiger partial charge < -0.3 is 9.47 Å². The zero-order valence-corrected chi connectivity index (χ0v) is 12.5. The van der Waals surface area contributed by atoms with Crippen LogP contribution in [0.1, 0.15) is 28.5 Å². The van der Waals surface area contributed by atoms with Crippen molar-refractivity contribution in [2.75, 3.05) is 14.2 Å². The molecule has 120 valence electrons. The van der Waals surface area contributed by atoms with Gasteiger partial charge in [-0.3, -0.25) is 19.3 Å². The first-order chi connectivity index (χ1) is 11.4. The summed E-state index contributed by atoms with van der Waals surface area (Å²) in [5, 5.41) is 0. The van der Waals surface area contributed by atoms with Crippen LogP contribution >= 0.6 is 0 Å². The van der Waals surface area contributed by atoms with Gasteiger partial charge in [-0.1, -0.05) is 12.1 Å². The van der Waals surface area contributed by atoms with Gasteiger partial charge in [0.15, 0.2) is 0 Å². The number of fused-ring (bicyclic) bond motifs is 1. The third-order valence-electron chi connectivity index (χ3n) is 4.09. The van der Waals surface area contributed by atoms with E-state index in [2.05, 4.69) is 4.74 Å². The summed E-state index contributed by atoms with van der Waals surface area (Å²) >= 11 is 0. The number of nitrogens with zero attached hydrogens (tertiary/aromatic N) is 1. The van der Waals surface area contributed by atoms with E-state index in [-0.39, 0.29) is 11.1 Å². The van der Waals surface area contributed by atoms with Crippen LogP contribution in [0.5, 0.6) is 0 Å². The number of hydrogen-bond donors (Lipinski definition) is 0. The number of rotatable bonds is 4. The van der Waals surface area contributed by atoms with Gasteiger partial charge in [0.05, 0.1) is 31.3 Å². The molecule has 0 spiro atoms. The van der Waals surface area contributed by atoms with Crippen molar-refractivity contribution in [2.24, 2.45) is 11.8 Å². The average Bonchev–Trinajstić information content (AvgIpc) is 3.19. The van der Waals surface area contributed by atoms with Gasteiger partial charge in [-0.25, -0.2) is 4.79 Å². The summed E-state index contributed by atoms with van der Waals surface area (Å²) in [6.45, 7) is 0. The quantitative estimate of drug-likeness (QED) is 0.597.